The van der Waals surface area contributed by atoms with Gasteiger partial charge in [-0.25, -0.2) is 0 Å². The van der Waals surface area contributed by atoms with Gasteiger partial charge in [0.05, 0.1) is 0 Å². The molecule has 0 aliphatic heterocycles. The Morgan fingerprint density at radius 3 is 2.24 bits per heavy atom. The van der Waals surface area contributed by atoms with Gasteiger partial charge in [-0.3, -0.25) is 0 Å². The summed E-state index contributed by atoms with van der Waals surface area (Å²) in [7, 11) is 0. The molecular weight excluding hydrogens is 224 g/mol. The van der Waals surface area contributed by atoms with E-state index in [9.17, 15) is 0 Å². The minimum atomic E-state index is 0.987. The lowest BCUT2D eigenvalue weighted by Crippen LogP contribution is -1.89. The van der Waals surface area contributed by atoms with Gasteiger partial charge >= 0.3 is 0 Å². The van der Waals surface area contributed by atoms with E-state index in [2.05, 4.69) is 62.0 Å². The third-order valence-electron chi connectivity index (χ3n) is 2.88. The van der Waals surface area contributed by atoms with Crippen LogP contribution in [0.5, 0.6) is 0 Å². The van der Waals surface area contributed by atoms with Crippen LogP contribution < -0.4 is 0 Å². The molecule has 17 heavy (non-hydrogen) atoms. The SMILES string of the molecule is CCCc1ccc(Cc2cccc(S)c2)cc1. The molecule has 0 bridgehead atoms. The number of benzene rings is 2. The molecule has 0 amide bonds. The van der Waals surface area contributed by atoms with Gasteiger partial charge in [-0.1, -0.05) is 49.7 Å². The fraction of sp³-hybridized carbons (Fsp3) is 0.250. The van der Waals surface area contributed by atoms with Gasteiger partial charge in [-0.05, 0) is 41.7 Å². The number of hydrogen-bond donors (Lipinski definition) is 1. The molecule has 0 aliphatic rings. The van der Waals surface area contributed by atoms with Crippen LogP contribution >= 0.6 is 12.6 Å². The van der Waals surface area contributed by atoms with Gasteiger partial charge in [0.1, 0.15) is 0 Å². The zero-order valence-corrected chi connectivity index (χ0v) is 11.1. The summed E-state index contributed by atoms with van der Waals surface area (Å²) < 4.78 is 0. The summed E-state index contributed by atoms with van der Waals surface area (Å²) >= 11 is 4.36. The normalized spacial score (nSPS) is 10.5. The first-order chi connectivity index (χ1) is 8.28. The maximum atomic E-state index is 4.36. The van der Waals surface area contributed by atoms with Gasteiger partial charge < -0.3 is 0 Å². The first-order valence-electron chi connectivity index (χ1n) is 6.13. The van der Waals surface area contributed by atoms with Crippen LogP contribution in [0.2, 0.25) is 0 Å². The fourth-order valence-electron chi connectivity index (χ4n) is 2.01. The Morgan fingerprint density at radius 1 is 0.882 bits per heavy atom. The fourth-order valence-corrected chi connectivity index (χ4v) is 2.27. The van der Waals surface area contributed by atoms with Gasteiger partial charge in [0.15, 0.2) is 0 Å². The van der Waals surface area contributed by atoms with Crippen molar-refractivity contribution in [2.75, 3.05) is 0 Å². The molecule has 0 saturated heterocycles. The van der Waals surface area contributed by atoms with Crippen molar-refractivity contribution in [1.29, 1.82) is 0 Å². The first kappa shape index (κ1) is 12.3. The second-order valence-electron chi connectivity index (χ2n) is 4.41. The molecule has 0 saturated carbocycles. The zero-order valence-electron chi connectivity index (χ0n) is 10.2. The van der Waals surface area contributed by atoms with Crippen LogP contribution in [0.1, 0.15) is 30.0 Å². The standard InChI is InChI=1S/C16H18S/c1-2-4-13-7-9-14(10-8-13)11-15-5-3-6-16(17)12-15/h3,5-10,12,17H,2,4,11H2,1H3. The van der Waals surface area contributed by atoms with Crippen LogP contribution in [-0.4, -0.2) is 0 Å². The average Bonchev–Trinajstić information content (AvgIpc) is 2.32. The van der Waals surface area contributed by atoms with E-state index < -0.39 is 0 Å². The predicted molar refractivity (Wildman–Crippen MR) is 76.9 cm³/mol. The lowest BCUT2D eigenvalue weighted by Gasteiger charge is -2.04. The van der Waals surface area contributed by atoms with E-state index in [1.54, 1.807) is 0 Å². The van der Waals surface area contributed by atoms with Crippen molar-refractivity contribution in [2.24, 2.45) is 0 Å². The Labute approximate surface area is 109 Å². The van der Waals surface area contributed by atoms with Crippen LogP contribution in [0.3, 0.4) is 0 Å². The third kappa shape index (κ3) is 3.64. The highest BCUT2D eigenvalue weighted by molar-refractivity contribution is 7.80. The van der Waals surface area contributed by atoms with Crippen LogP contribution in [0.15, 0.2) is 53.4 Å². The molecule has 2 aromatic carbocycles. The van der Waals surface area contributed by atoms with Gasteiger partial charge in [0.2, 0.25) is 0 Å². The highest BCUT2D eigenvalue weighted by atomic mass is 32.1. The Balaban J connectivity index is 2.08. The van der Waals surface area contributed by atoms with E-state index >= 15 is 0 Å². The van der Waals surface area contributed by atoms with Crippen molar-refractivity contribution in [3.63, 3.8) is 0 Å². The predicted octanol–water partition coefficient (Wildman–Crippen LogP) is 4.52. The summed E-state index contributed by atoms with van der Waals surface area (Å²) in [6.07, 6.45) is 3.37. The molecule has 0 aromatic heterocycles. The van der Waals surface area contributed by atoms with E-state index in [1.807, 2.05) is 6.07 Å². The molecule has 2 rings (SSSR count). The van der Waals surface area contributed by atoms with Crippen LogP contribution in [0.25, 0.3) is 0 Å². The minimum Gasteiger partial charge on any atom is -0.143 e. The maximum Gasteiger partial charge on any atom is 0.00428 e. The van der Waals surface area contributed by atoms with Crippen molar-refractivity contribution < 1.29 is 0 Å². The molecule has 0 unspecified atom stereocenters. The molecule has 0 fully saturated rings. The minimum absolute atomic E-state index is 0.987. The van der Waals surface area contributed by atoms with E-state index in [-0.39, 0.29) is 0 Å². The number of aryl methyl sites for hydroxylation is 1. The molecule has 1 heteroatoms. The topological polar surface area (TPSA) is 0 Å². The van der Waals surface area contributed by atoms with E-state index in [1.165, 1.54) is 29.5 Å². The first-order valence-corrected chi connectivity index (χ1v) is 6.58. The highest BCUT2D eigenvalue weighted by Gasteiger charge is 1.97. The second-order valence-corrected chi connectivity index (χ2v) is 4.93. The summed E-state index contributed by atoms with van der Waals surface area (Å²) in [4.78, 5) is 1.03. The third-order valence-corrected chi connectivity index (χ3v) is 3.16. The molecule has 2 aromatic rings. The molecule has 0 heterocycles. The van der Waals surface area contributed by atoms with Crippen molar-refractivity contribution >= 4 is 12.6 Å². The molecule has 0 radical (unpaired) electrons. The largest absolute Gasteiger partial charge is 0.143 e. The van der Waals surface area contributed by atoms with E-state index in [0.29, 0.717) is 0 Å². The zero-order chi connectivity index (χ0) is 12.1. The summed E-state index contributed by atoms with van der Waals surface area (Å²) in [6.45, 7) is 2.21. The Bertz CT molecular complexity index is 471. The smallest absolute Gasteiger partial charge is 0.00428 e. The quantitative estimate of drug-likeness (QED) is 0.749. The second kappa shape index (κ2) is 5.92. The van der Waals surface area contributed by atoms with Gasteiger partial charge in [0, 0.05) is 4.90 Å². The van der Waals surface area contributed by atoms with E-state index in [4.69, 9.17) is 0 Å². The summed E-state index contributed by atoms with van der Waals surface area (Å²) in [5.41, 5.74) is 4.11. The summed E-state index contributed by atoms with van der Waals surface area (Å²) in [5, 5.41) is 0. The van der Waals surface area contributed by atoms with Gasteiger partial charge in [0.25, 0.3) is 0 Å². The lowest BCUT2D eigenvalue weighted by atomic mass is 10.0. The van der Waals surface area contributed by atoms with Crippen molar-refractivity contribution in [2.45, 2.75) is 31.1 Å². The van der Waals surface area contributed by atoms with Gasteiger partial charge in [-0.2, -0.15) is 0 Å². The number of hydrogen-bond acceptors (Lipinski definition) is 1. The molecule has 0 spiro atoms. The molecule has 0 aliphatic carbocycles. The monoisotopic (exact) mass is 242 g/mol. The number of rotatable bonds is 4. The Morgan fingerprint density at radius 2 is 1.59 bits per heavy atom. The maximum absolute atomic E-state index is 4.36. The van der Waals surface area contributed by atoms with Crippen LogP contribution in [0, 0.1) is 0 Å². The van der Waals surface area contributed by atoms with Crippen molar-refractivity contribution in [3.8, 4) is 0 Å². The highest BCUT2D eigenvalue weighted by Crippen LogP contribution is 2.14. The van der Waals surface area contributed by atoms with Crippen molar-refractivity contribution in [1.82, 2.24) is 0 Å². The molecule has 0 atom stereocenters. The molecular formula is C16H18S. The summed E-state index contributed by atoms with van der Waals surface area (Å²) in [5.74, 6) is 0. The van der Waals surface area contributed by atoms with Gasteiger partial charge in [-0.15, -0.1) is 12.6 Å². The Kier molecular flexibility index (Phi) is 4.27. The number of thiol groups is 1. The van der Waals surface area contributed by atoms with Crippen LogP contribution in [-0.2, 0) is 12.8 Å². The Hall–Kier alpha value is -1.21. The molecule has 0 N–H and O–H groups in total. The van der Waals surface area contributed by atoms with Crippen molar-refractivity contribution in [3.05, 3.63) is 65.2 Å². The molecule has 88 valence electrons. The average molecular weight is 242 g/mol. The lowest BCUT2D eigenvalue weighted by molar-refractivity contribution is 0.920. The molecule has 0 nitrogen and oxygen atoms in total. The van der Waals surface area contributed by atoms with E-state index in [0.717, 1.165) is 11.3 Å². The van der Waals surface area contributed by atoms with Crippen LogP contribution in [0.4, 0.5) is 0 Å². The summed E-state index contributed by atoms with van der Waals surface area (Å²) in [6, 6.07) is 17.3.